The highest BCUT2D eigenvalue weighted by atomic mass is 79.9. The predicted octanol–water partition coefficient (Wildman–Crippen LogP) is 2.70. The average Bonchev–Trinajstić information content (AvgIpc) is 2.53. The molecule has 0 spiro atoms. The Bertz CT molecular complexity index is 581. The Labute approximate surface area is 132 Å². The minimum atomic E-state index is -0.199. The van der Waals surface area contributed by atoms with Crippen molar-refractivity contribution in [1.29, 1.82) is 0 Å². The first-order chi connectivity index (χ1) is 10.1. The van der Waals surface area contributed by atoms with Crippen molar-refractivity contribution in [3.8, 4) is 0 Å². The molecule has 5 heteroatoms. The van der Waals surface area contributed by atoms with Gasteiger partial charge < -0.3 is 4.74 Å². The Kier molecular flexibility index (Phi) is 4.13. The van der Waals surface area contributed by atoms with Crippen molar-refractivity contribution in [2.24, 2.45) is 5.92 Å². The summed E-state index contributed by atoms with van der Waals surface area (Å²) in [6.45, 7) is 1.60. The van der Waals surface area contributed by atoms with Crippen molar-refractivity contribution in [2.75, 3.05) is 20.3 Å². The van der Waals surface area contributed by atoms with Crippen molar-refractivity contribution >= 4 is 27.7 Å². The molecule has 2 aliphatic rings. The maximum Gasteiger partial charge on any atom is 0.260 e. The summed E-state index contributed by atoms with van der Waals surface area (Å²) >= 11 is 3.77. The highest BCUT2D eigenvalue weighted by Gasteiger charge is 2.30. The molecule has 1 fully saturated rings. The van der Waals surface area contributed by atoms with Crippen molar-refractivity contribution in [3.05, 3.63) is 34.9 Å². The number of amides is 2. The van der Waals surface area contributed by atoms with Gasteiger partial charge in [0.15, 0.2) is 0 Å². The first-order valence-corrected chi connectivity index (χ1v) is 8.15. The molecule has 2 heterocycles. The second-order valence-electron chi connectivity index (χ2n) is 5.70. The number of rotatable bonds is 2. The molecular weight excluding hydrogens is 334 g/mol. The quantitative estimate of drug-likeness (QED) is 0.607. The topological polar surface area (TPSA) is 46.6 Å². The van der Waals surface area contributed by atoms with Crippen molar-refractivity contribution < 1.29 is 14.3 Å². The van der Waals surface area contributed by atoms with Gasteiger partial charge in [-0.2, -0.15) is 0 Å². The minimum absolute atomic E-state index is 0.139. The van der Waals surface area contributed by atoms with Gasteiger partial charge >= 0.3 is 0 Å². The number of benzene rings is 1. The van der Waals surface area contributed by atoms with E-state index in [1.54, 1.807) is 7.05 Å². The standard InChI is InChI=1S/C16H18BrNO3/c1-18-14(19)9-11-2-3-12(8-13(11)16(18)20)15(17)10-4-6-21-7-5-10/h2-3,8,10,15H,4-7,9H2,1H3. The smallest absolute Gasteiger partial charge is 0.260 e. The fourth-order valence-corrected chi connectivity index (χ4v) is 3.79. The van der Waals surface area contributed by atoms with E-state index in [-0.39, 0.29) is 16.6 Å². The first kappa shape index (κ1) is 14.7. The van der Waals surface area contributed by atoms with E-state index in [0.29, 0.717) is 17.9 Å². The summed E-state index contributed by atoms with van der Waals surface area (Å²) in [5.74, 6) is 0.185. The van der Waals surface area contributed by atoms with E-state index in [1.807, 2.05) is 18.2 Å². The number of nitrogens with zero attached hydrogens (tertiary/aromatic N) is 1. The maximum atomic E-state index is 12.2. The summed E-state index contributed by atoms with van der Waals surface area (Å²) in [5, 5.41) is 0. The molecule has 0 aromatic heterocycles. The number of likely N-dealkylation sites (N-methyl/N-ethyl adjacent to an activating group) is 1. The van der Waals surface area contributed by atoms with Gasteiger partial charge in [-0.25, -0.2) is 0 Å². The van der Waals surface area contributed by atoms with Gasteiger partial charge in [-0.3, -0.25) is 14.5 Å². The summed E-state index contributed by atoms with van der Waals surface area (Å²) in [6.07, 6.45) is 2.36. The lowest BCUT2D eigenvalue weighted by Gasteiger charge is -2.28. The summed E-state index contributed by atoms with van der Waals surface area (Å²) in [4.78, 5) is 25.4. The fraction of sp³-hybridized carbons (Fsp3) is 0.500. The number of imide groups is 1. The van der Waals surface area contributed by atoms with Gasteiger partial charge in [0.1, 0.15) is 0 Å². The number of ether oxygens (including phenoxy) is 1. The van der Waals surface area contributed by atoms with E-state index < -0.39 is 0 Å². The molecule has 0 aliphatic carbocycles. The van der Waals surface area contributed by atoms with Crippen molar-refractivity contribution in [3.63, 3.8) is 0 Å². The molecule has 0 bridgehead atoms. The van der Waals surface area contributed by atoms with Crippen molar-refractivity contribution in [1.82, 2.24) is 4.90 Å². The zero-order valence-corrected chi connectivity index (χ0v) is 13.6. The van der Waals surface area contributed by atoms with Crippen LogP contribution in [0, 0.1) is 5.92 Å². The van der Waals surface area contributed by atoms with E-state index in [4.69, 9.17) is 4.74 Å². The summed E-state index contributed by atoms with van der Waals surface area (Å²) in [7, 11) is 1.55. The van der Waals surface area contributed by atoms with Gasteiger partial charge in [0, 0.05) is 30.7 Å². The molecule has 112 valence electrons. The molecule has 0 N–H and O–H groups in total. The lowest BCUT2D eigenvalue weighted by Crippen LogP contribution is -2.39. The third-order valence-electron chi connectivity index (χ3n) is 4.38. The molecule has 2 aliphatic heterocycles. The first-order valence-electron chi connectivity index (χ1n) is 7.23. The van der Waals surface area contributed by atoms with E-state index >= 15 is 0 Å². The SMILES string of the molecule is CN1C(=O)Cc2ccc(C(Br)C3CCOCC3)cc2C1=O. The number of fused-ring (bicyclic) bond motifs is 1. The predicted molar refractivity (Wildman–Crippen MR) is 82.5 cm³/mol. The fourth-order valence-electron chi connectivity index (χ4n) is 2.97. The average molecular weight is 352 g/mol. The Morgan fingerprint density at radius 3 is 2.71 bits per heavy atom. The van der Waals surface area contributed by atoms with Crippen LogP contribution in [0.2, 0.25) is 0 Å². The Morgan fingerprint density at radius 2 is 2.00 bits per heavy atom. The zero-order chi connectivity index (χ0) is 15.0. The third-order valence-corrected chi connectivity index (χ3v) is 5.66. The third kappa shape index (κ3) is 2.77. The van der Waals surface area contributed by atoms with Gasteiger partial charge in [-0.15, -0.1) is 0 Å². The van der Waals surface area contributed by atoms with Gasteiger partial charge in [0.25, 0.3) is 5.91 Å². The molecule has 1 atom stereocenters. The van der Waals surface area contributed by atoms with Gasteiger partial charge in [-0.05, 0) is 36.0 Å². The maximum absolute atomic E-state index is 12.2. The molecule has 21 heavy (non-hydrogen) atoms. The Morgan fingerprint density at radius 1 is 1.29 bits per heavy atom. The van der Waals surface area contributed by atoms with E-state index in [0.717, 1.165) is 37.2 Å². The van der Waals surface area contributed by atoms with Crippen LogP contribution in [0.25, 0.3) is 0 Å². The number of alkyl halides is 1. The van der Waals surface area contributed by atoms with Crippen LogP contribution < -0.4 is 0 Å². The number of carbonyl (C=O) groups is 2. The van der Waals surface area contributed by atoms with Crippen LogP contribution in [-0.4, -0.2) is 37.0 Å². The van der Waals surface area contributed by atoms with Crippen LogP contribution in [-0.2, 0) is 16.0 Å². The molecule has 3 rings (SSSR count). The minimum Gasteiger partial charge on any atom is -0.381 e. The highest BCUT2D eigenvalue weighted by molar-refractivity contribution is 9.09. The molecule has 1 saturated heterocycles. The molecule has 1 aromatic carbocycles. The second kappa shape index (κ2) is 5.89. The Hall–Kier alpha value is -1.20. The summed E-state index contributed by atoms with van der Waals surface area (Å²) < 4.78 is 5.40. The molecule has 1 unspecified atom stereocenters. The molecular formula is C16H18BrNO3. The molecule has 0 radical (unpaired) electrons. The number of halogens is 1. The van der Waals surface area contributed by atoms with Gasteiger partial charge in [0.05, 0.1) is 6.42 Å². The summed E-state index contributed by atoms with van der Waals surface area (Å²) in [6, 6.07) is 5.89. The van der Waals surface area contributed by atoms with Crippen LogP contribution in [0.3, 0.4) is 0 Å². The van der Waals surface area contributed by atoms with Crippen LogP contribution in [0.1, 0.15) is 39.2 Å². The Balaban J connectivity index is 1.88. The van der Waals surface area contributed by atoms with E-state index in [9.17, 15) is 9.59 Å². The largest absolute Gasteiger partial charge is 0.381 e. The molecule has 4 nitrogen and oxygen atoms in total. The number of hydrogen-bond acceptors (Lipinski definition) is 3. The van der Waals surface area contributed by atoms with E-state index in [2.05, 4.69) is 15.9 Å². The normalized spacial score (nSPS) is 21.3. The van der Waals surface area contributed by atoms with Crippen LogP contribution in [0.15, 0.2) is 18.2 Å². The lowest BCUT2D eigenvalue weighted by molar-refractivity contribution is -0.127. The highest BCUT2D eigenvalue weighted by Crippen LogP contribution is 2.38. The molecule has 1 aromatic rings. The number of hydrogen-bond donors (Lipinski definition) is 0. The van der Waals surface area contributed by atoms with Crippen LogP contribution in [0.5, 0.6) is 0 Å². The van der Waals surface area contributed by atoms with Gasteiger partial charge in [0.2, 0.25) is 5.91 Å². The molecule has 2 amide bonds. The van der Waals surface area contributed by atoms with E-state index in [1.165, 1.54) is 4.90 Å². The van der Waals surface area contributed by atoms with Gasteiger partial charge in [-0.1, -0.05) is 28.1 Å². The second-order valence-corrected chi connectivity index (χ2v) is 6.69. The van der Waals surface area contributed by atoms with Crippen molar-refractivity contribution in [2.45, 2.75) is 24.1 Å². The van der Waals surface area contributed by atoms with Crippen LogP contribution in [0.4, 0.5) is 0 Å². The van der Waals surface area contributed by atoms with Crippen LogP contribution >= 0.6 is 15.9 Å². The zero-order valence-electron chi connectivity index (χ0n) is 12.0. The molecule has 0 saturated carbocycles. The number of carbonyl (C=O) groups excluding carboxylic acids is 2. The monoisotopic (exact) mass is 351 g/mol. The lowest BCUT2D eigenvalue weighted by atomic mass is 9.89. The summed E-state index contributed by atoms with van der Waals surface area (Å²) in [5.41, 5.74) is 2.60.